The highest BCUT2D eigenvalue weighted by atomic mass is 16.5. The summed E-state index contributed by atoms with van der Waals surface area (Å²) in [6.45, 7) is 12.1. The van der Waals surface area contributed by atoms with Crippen LogP contribution in [-0.2, 0) is 4.74 Å². The molecule has 24 heavy (non-hydrogen) atoms. The van der Waals surface area contributed by atoms with Crippen LogP contribution in [0.15, 0.2) is 35.3 Å². The van der Waals surface area contributed by atoms with Crippen molar-refractivity contribution in [2.45, 2.75) is 40.5 Å². The fourth-order valence-electron chi connectivity index (χ4n) is 3.04. The van der Waals surface area contributed by atoms with E-state index in [2.05, 4.69) is 37.6 Å². The van der Waals surface area contributed by atoms with Crippen molar-refractivity contribution in [1.82, 2.24) is 4.90 Å². The van der Waals surface area contributed by atoms with Gasteiger partial charge in [0.2, 0.25) is 0 Å². The van der Waals surface area contributed by atoms with E-state index >= 15 is 0 Å². The van der Waals surface area contributed by atoms with Crippen LogP contribution < -0.4 is 0 Å². The Morgan fingerprint density at radius 3 is 2.38 bits per heavy atom. The molecule has 4 heteroatoms. The molecule has 0 unspecified atom stereocenters. The highest BCUT2D eigenvalue weighted by molar-refractivity contribution is 6.08. The minimum Gasteiger partial charge on any atom is -0.448 e. The third-order valence-electron chi connectivity index (χ3n) is 4.56. The second-order valence-corrected chi connectivity index (χ2v) is 7.53. The lowest BCUT2D eigenvalue weighted by molar-refractivity contribution is 0.104. The van der Waals surface area contributed by atoms with Gasteiger partial charge in [-0.1, -0.05) is 58.0 Å². The summed E-state index contributed by atoms with van der Waals surface area (Å²) < 4.78 is 5.45. The van der Waals surface area contributed by atoms with E-state index < -0.39 is 6.09 Å². The third kappa shape index (κ3) is 5.45. The number of rotatable bonds is 4. The number of likely N-dealkylation sites (tertiary alicyclic amines) is 1. The largest absolute Gasteiger partial charge is 0.448 e. The second-order valence-electron chi connectivity index (χ2n) is 7.53. The van der Waals surface area contributed by atoms with Crippen molar-refractivity contribution in [1.29, 1.82) is 0 Å². The molecule has 0 N–H and O–H groups in total. The molecule has 0 spiro atoms. The normalized spacial score (nSPS) is 17.8. The molecule has 1 fully saturated rings. The van der Waals surface area contributed by atoms with E-state index in [9.17, 15) is 4.79 Å². The van der Waals surface area contributed by atoms with Gasteiger partial charge in [-0.2, -0.15) is 4.99 Å². The number of ether oxygens (including phenoxy) is 1. The zero-order valence-corrected chi connectivity index (χ0v) is 15.4. The first-order chi connectivity index (χ1) is 11.4. The number of nitrogens with zero attached hydrogens (tertiary/aromatic N) is 2. The van der Waals surface area contributed by atoms with Crippen molar-refractivity contribution in [2.75, 3.05) is 26.2 Å². The molecular weight excluding hydrogens is 300 g/mol. The van der Waals surface area contributed by atoms with E-state index in [4.69, 9.17) is 4.74 Å². The second kappa shape index (κ2) is 8.43. The lowest BCUT2D eigenvalue weighted by atomic mass is 9.85. The topological polar surface area (TPSA) is 41.9 Å². The van der Waals surface area contributed by atoms with Gasteiger partial charge in [0.25, 0.3) is 0 Å². The molecule has 0 atom stereocenters. The number of carbonyl (C=O) groups excluding carboxylic acids is 1. The molecule has 0 radical (unpaired) electrons. The average Bonchev–Trinajstić information content (AvgIpc) is 2.58. The number of piperidine rings is 1. The van der Waals surface area contributed by atoms with Gasteiger partial charge in [0.1, 0.15) is 0 Å². The lowest BCUT2D eigenvalue weighted by Crippen LogP contribution is -2.35. The van der Waals surface area contributed by atoms with E-state index in [0.29, 0.717) is 12.5 Å². The van der Waals surface area contributed by atoms with Gasteiger partial charge in [0, 0.05) is 5.41 Å². The summed E-state index contributed by atoms with van der Waals surface area (Å²) in [6.07, 6.45) is 1.72. The molecule has 0 aromatic heterocycles. The Morgan fingerprint density at radius 2 is 1.83 bits per heavy atom. The minimum atomic E-state index is -0.471. The summed E-state index contributed by atoms with van der Waals surface area (Å²) in [5, 5.41) is 0. The first-order valence-corrected chi connectivity index (χ1v) is 8.94. The minimum absolute atomic E-state index is 0.215. The van der Waals surface area contributed by atoms with Crippen LogP contribution in [0, 0.1) is 11.3 Å². The van der Waals surface area contributed by atoms with Crippen LogP contribution in [0.4, 0.5) is 4.79 Å². The Bertz CT molecular complexity index is 553. The SMILES string of the molecule is CCN1CCC(COC(=O)N=C(c2ccccc2)C(C)(C)C)CC1. The van der Waals surface area contributed by atoms with Gasteiger partial charge in [0.15, 0.2) is 0 Å². The maximum absolute atomic E-state index is 12.2. The Kier molecular flexibility index (Phi) is 6.55. The van der Waals surface area contributed by atoms with Crippen LogP contribution in [0.5, 0.6) is 0 Å². The summed E-state index contributed by atoms with van der Waals surface area (Å²) >= 11 is 0. The molecule has 132 valence electrons. The standard InChI is InChI=1S/C20H30N2O2/c1-5-22-13-11-16(12-14-22)15-24-19(23)21-18(20(2,3)4)17-9-7-6-8-10-17/h6-10,16H,5,11-15H2,1-4H3. The van der Waals surface area contributed by atoms with Crippen molar-refractivity contribution >= 4 is 11.8 Å². The Morgan fingerprint density at radius 1 is 1.21 bits per heavy atom. The van der Waals surface area contributed by atoms with E-state index in [1.807, 2.05) is 30.3 Å². The maximum atomic E-state index is 12.2. The molecule has 1 aliphatic heterocycles. The third-order valence-corrected chi connectivity index (χ3v) is 4.56. The molecule has 1 amide bonds. The molecule has 1 aromatic carbocycles. The maximum Gasteiger partial charge on any atom is 0.433 e. The molecule has 1 saturated heterocycles. The molecule has 0 bridgehead atoms. The van der Waals surface area contributed by atoms with E-state index in [0.717, 1.165) is 43.8 Å². The van der Waals surface area contributed by atoms with Crippen molar-refractivity contribution in [3.05, 3.63) is 35.9 Å². The first kappa shape index (κ1) is 18.7. The van der Waals surface area contributed by atoms with Crippen LogP contribution >= 0.6 is 0 Å². The zero-order valence-electron chi connectivity index (χ0n) is 15.4. The predicted molar refractivity (Wildman–Crippen MR) is 98.6 cm³/mol. The summed E-state index contributed by atoms with van der Waals surface area (Å²) in [5.41, 5.74) is 1.53. The van der Waals surface area contributed by atoms with E-state index in [1.165, 1.54) is 0 Å². The molecule has 1 aromatic rings. The van der Waals surface area contributed by atoms with Gasteiger partial charge >= 0.3 is 6.09 Å². The summed E-state index contributed by atoms with van der Waals surface area (Å²) in [4.78, 5) is 18.9. The highest BCUT2D eigenvalue weighted by Crippen LogP contribution is 2.23. The predicted octanol–water partition coefficient (Wildman–Crippen LogP) is 4.39. The van der Waals surface area contributed by atoms with Gasteiger partial charge in [-0.15, -0.1) is 0 Å². The highest BCUT2D eigenvalue weighted by Gasteiger charge is 2.23. The van der Waals surface area contributed by atoms with Crippen LogP contribution in [0.1, 0.15) is 46.1 Å². The molecule has 0 saturated carbocycles. The van der Waals surface area contributed by atoms with Crippen molar-refractivity contribution in [3.8, 4) is 0 Å². The number of aliphatic imine (C=N–C) groups is 1. The van der Waals surface area contributed by atoms with E-state index in [1.54, 1.807) is 0 Å². The number of benzene rings is 1. The van der Waals surface area contributed by atoms with E-state index in [-0.39, 0.29) is 5.41 Å². The average molecular weight is 330 g/mol. The van der Waals surface area contributed by atoms with Crippen LogP contribution in [0.25, 0.3) is 0 Å². The molecular formula is C20H30N2O2. The number of hydrogen-bond donors (Lipinski definition) is 0. The van der Waals surface area contributed by atoms with Gasteiger partial charge in [-0.25, -0.2) is 4.79 Å². The summed E-state index contributed by atoms with van der Waals surface area (Å²) in [6, 6.07) is 9.85. The smallest absolute Gasteiger partial charge is 0.433 e. The van der Waals surface area contributed by atoms with Crippen LogP contribution in [-0.4, -0.2) is 42.9 Å². The molecule has 1 heterocycles. The monoisotopic (exact) mass is 330 g/mol. The molecule has 4 nitrogen and oxygen atoms in total. The fourth-order valence-corrected chi connectivity index (χ4v) is 3.04. The Labute approximate surface area is 145 Å². The lowest BCUT2D eigenvalue weighted by Gasteiger charge is -2.30. The van der Waals surface area contributed by atoms with Crippen molar-refractivity contribution < 1.29 is 9.53 Å². The number of amides is 1. The quantitative estimate of drug-likeness (QED) is 0.769. The van der Waals surface area contributed by atoms with Gasteiger partial charge in [-0.05, 0) is 44.0 Å². The van der Waals surface area contributed by atoms with Crippen molar-refractivity contribution in [3.63, 3.8) is 0 Å². The Hall–Kier alpha value is -1.68. The zero-order chi connectivity index (χ0) is 17.6. The molecule has 2 rings (SSSR count). The molecule has 1 aliphatic rings. The molecule has 0 aliphatic carbocycles. The number of hydrogen-bond acceptors (Lipinski definition) is 3. The first-order valence-electron chi connectivity index (χ1n) is 8.94. The summed E-state index contributed by atoms with van der Waals surface area (Å²) in [5.74, 6) is 0.460. The Balaban J connectivity index is 1.96. The van der Waals surface area contributed by atoms with Crippen LogP contribution in [0.3, 0.4) is 0 Å². The van der Waals surface area contributed by atoms with Gasteiger partial charge in [0.05, 0.1) is 12.3 Å². The summed E-state index contributed by atoms with van der Waals surface area (Å²) in [7, 11) is 0. The fraction of sp³-hybridized carbons (Fsp3) is 0.600. The van der Waals surface area contributed by atoms with Gasteiger partial charge < -0.3 is 9.64 Å². The number of carbonyl (C=O) groups is 1. The van der Waals surface area contributed by atoms with Crippen molar-refractivity contribution in [2.24, 2.45) is 16.3 Å². The van der Waals surface area contributed by atoms with Gasteiger partial charge in [-0.3, -0.25) is 0 Å². The van der Waals surface area contributed by atoms with Crippen LogP contribution in [0.2, 0.25) is 0 Å².